The Bertz CT molecular complexity index is 1210. The van der Waals surface area contributed by atoms with Gasteiger partial charge >= 0.3 is 0 Å². The lowest BCUT2D eigenvalue weighted by molar-refractivity contribution is -0.112. The van der Waals surface area contributed by atoms with Gasteiger partial charge < -0.3 is 14.8 Å². The van der Waals surface area contributed by atoms with E-state index in [2.05, 4.69) is 5.32 Å². The van der Waals surface area contributed by atoms with Crippen LogP contribution in [0.3, 0.4) is 0 Å². The minimum atomic E-state index is -0.476. The number of hydrogen-bond donors (Lipinski definition) is 1. The molecule has 0 fully saturated rings. The number of nitrogens with one attached hydrogen (secondary N) is 1. The minimum absolute atomic E-state index is 0.0203. The van der Waals surface area contributed by atoms with Crippen molar-refractivity contribution in [2.24, 2.45) is 0 Å². The van der Waals surface area contributed by atoms with Crippen molar-refractivity contribution in [2.45, 2.75) is 20.5 Å². The summed E-state index contributed by atoms with van der Waals surface area (Å²) < 4.78 is 11.3. The summed E-state index contributed by atoms with van der Waals surface area (Å²) in [5, 5.41) is 13.0. The number of aryl methyl sites for hydroxylation is 2. The van der Waals surface area contributed by atoms with Crippen molar-refractivity contribution in [3.05, 3.63) is 93.5 Å². The summed E-state index contributed by atoms with van der Waals surface area (Å²) in [6.07, 6.45) is 1.52. The third kappa shape index (κ3) is 5.69. The second-order valence-electron chi connectivity index (χ2n) is 7.23. The molecule has 0 spiro atoms. The van der Waals surface area contributed by atoms with Gasteiger partial charge in [0, 0.05) is 16.3 Å². The molecular weight excluding hydrogens is 424 g/mol. The molecule has 0 aliphatic rings. The number of carbonyl (C=O) groups is 1. The van der Waals surface area contributed by atoms with Crippen LogP contribution in [0.5, 0.6) is 11.5 Å². The summed E-state index contributed by atoms with van der Waals surface area (Å²) in [6.45, 7) is 4.09. The van der Waals surface area contributed by atoms with Gasteiger partial charge in [-0.3, -0.25) is 4.79 Å². The summed E-state index contributed by atoms with van der Waals surface area (Å²) in [5.41, 5.74) is 4.06. The maximum atomic E-state index is 12.7. The second kappa shape index (κ2) is 10.5. The normalized spacial score (nSPS) is 10.9. The van der Waals surface area contributed by atoms with E-state index in [4.69, 9.17) is 21.1 Å². The first-order valence-electron chi connectivity index (χ1n) is 9.96. The molecule has 0 atom stereocenters. The van der Waals surface area contributed by atoms with Crippen LogP contribution in [0.15, 0.2) is 66.2 Å². The molecular formula is C26H23ClN2O3. The van der Waals surface area contributed by atoms with Gasteiger partial charge in [0.1, 0.15) is 18.2 Å². The van der Waals surface area contributed by atoms with E-state index in [1.807, 2.05) is 56.3 Å². The molecule has 0 heterocycles. The number of nitrogens with zero attached hydrogens (tertiary/aromatic N) is 1. The number of carbonyl (C=O) groups excluding carboxylic acids is 1. The van der Waals surface area contributed by atoms with E-state index in [9.17, 15) is 10.1 Å². The zero-order valence-electron chi connectivity index (χ0n) is 18.1. The van der Waals surface area contributed by atoms with E-state index >= 15 is 0 Å². The maximum Gasteiger partial charge on any atom is 0.266 e. The van der Waals surface area contributed by atoms with Gasteiger partial charge in [-0.05, 0) is 60.9 Å². The number of hydrogen-bond acceptors (Lipinski definition) is 4. The Kier molecular flexibility index (Phi) is 7.54. The van der Waals surface area contributed by atoms with E-state index in [1.54, 1.807) is 31.4 Å². The fourth-order valence-electron chi connectivity index (χ4n) is 3.04. The molecule has 0 aliphatic carbocycles. The molecule has 3 aromatic rings. The number of anilines is 1. The van der Waals surface area contributed by atoms with Crippen LogP contribution in [0.4, 0.5) is 5.69 Å². The molecule has 3 aromatic carbocycles. The van der Waals surface area contributed by atoms with Crippen molar-refractivity contribution in [1.29, 1.82) is 5.26 Å². The van der Waals surface area contributed by atoms with E-state index < -0.39 is 5.91 Å². The van der Waals surface area contributed by atoms with Gasteiger partial charge in [0.25, 0.3) is 5.91 Å². The Morgan fingerprint density at radius 1 is 1.09 bits per heavy atom. The third-order valence-corrected chi connectivity index (χ3v) is 5.21. The molecule has 0 unspecified atom stereocenters. The number of ether oxygens (including phenoxy) is 2. The van der Waals surface area contributed by atoms with E-state index in [0.29, 0.717) is 27.8 Å². The largest absolute Gasteiger partial charge is 0.493 e. The van der Waals surface area contributed by atoms with Crippen LogP contribution in [0.25, 0.3) is 6.08 Å². The smallest absolute Gasteiger partial charge is 0.266 e. The fraction of sp³-hybridized carbons (Fsp3) is 0.154. The predicted octanol–water partition coefficient (Wildman–Crippen LogP) is 6.09. The Morgan fingerprint density at radius 3 is 2.59 bits per heavy atom. The fourth-order valence-corrected chi connectivity index (χ4v) is 3.23. The van der Waals surface area contributed by atoms with E-state index in [1.165, 1.54) is 6.08 Å². The number of halogens is 1. The van der Waals surface area contributed by atoms with Crippen LogP contribution >= 0.6 is 11.6 Å². The first-order valence-corrected chi connectivity index (χ1v) is 10.3. The molecule has 3 rings (SSSR count). The number of benzene rings is 3. The molecule has 6 heteroatoms. The number of rotatable bonds is 7. The summed E-state index contributed by atoms with van der Waals surface area (Å²) >= 11 is 6.20. The molecule has 0 bridgehead atoms. The monoisotopic (exact) mass is 446 g/mol. The Labute approximate surface area is 192 Å². The molecule has 0 aliphatic heterocycles. The standard InChI is InChI=1S/C26H23ClN2O3/c1-17-8-9-18(2)23(12-17)29-26(30)21(15-28)13-19-10-11-24(31-3)25(14-19)32-16-20-6-4-5-7-22(20)27/h4-14H,16H2,1-3H3,(H,29,30). The van der Waals surface area contributed by atoms with Gasteiger partial charge in [0.15, 0.2) is 11.5 Å². The van der Waals surface area contributed by atoms with Crippen molar-refractivity contribution in [1.82, 2.24) is 0 Å². The molecule has 1 N–H and O–H groups in total. The minimum Gasteiger partial charge on any atom is -0.493 e. The highest BCUT2D eigenvalue weighted by atomic mass is 35.5. The molecule has 0 saturated carbocycles. The van der Waals surface area contributed by atoms with Crippen LogP contribution in [0, 0.1) is 25.2 Å². The number of amides is 1. The van der Waals surface area contributed by atoms with Gasteiger partial charge in [0.2, 0.25) is 0 Å². The lowest BCUT2D eigenvalue weighted by atomic mass is 10.1. The third-order valence-electron chi connectivity index (χ3n) is 4.85. The summed E-state index contributed by atoms with van der Waals surface area (Å²) in [5.74, 6) is 0.538. The number of nitriles is 1. The van der Waals surface area contributed by atoms with E-state index in [0.717, 1.165) is 16.7 Å². The van der Waals surface area contributed by atoms with Crippen molar-refractivity contribution in [2.75, 3.05) is 12.4 Å². The molecule has 32 heavy (non-hydrogen) atoms. The molecule has 0 saturated heterocycles. The zero-order chi connectivity index (χ0) is 23.1. The second-order valence-corrected chi connectivity index (χ2v) is 7.64. The van der Waals surface area contributed by atoms with Crippen LogP contribution in [0.2, 0.25) is 5.02 Å². The molecule has 0 radical (unpaired) electrons. The summed E-state index contributed by atoms with van der Waals surface area (Å²) in [7, 11) is 1.55. The highest BCUT2D eigenvalue weighted by Gasteiger charge is 2.13. The first-order chi connectivity index (χ1) is 15.4. The predicted molar refractivity (Wildman–Crippen MR) is 127 cm³/mol. The highest BCUT2D eigenvalue weighted by Crippen LogP contribution is 2.30. The Hall–Kier alpha value is -3.75. The van der Waals surface area contributed by atoms with Gasteiger partial charge in [-0.1, -0.05) is 48.0 Å². The van der Waals surface area contributed by atoms with Crippen LogP contribution in [0.1, 0.15) is 22.3 Å². The van der Waals surface area contributed by atoms with Crippen molar-refractivity contribution in [3.8, 4) is 17.6 Å². The number of methoxy groups -OCH3 is 1. The van der Waals surface area contributed by atoms with Crippen LogP contribution in [-0.2, 0) is 11.4 Å². The van der Waals surface area contributed by atoms with Crippen molar-refractivity contribution >= 4 is 29.3 Å². The lowest BCUT2D eigenvalue weighted by Crippen LogP contribution is -2.14. The average molecular weight is 447 g/mol. The summed E-state index contributed by atoms with van der Waals surface area (Å²) in [6, 6.07) is 20.4. The Balaban J connectivity index is 1.83. The van der Waals surface area contributed by atoms with Gasteiger partial charge in [-0.15, -0.1) is 0 Å². The van der Waals surface area contributed by atoms with Gasteiger partial charge in [0.05, 0.1) is 7.11 Å². The molecule has 1 amide bonds. The van der Waals surface area contributed by atoms with Crippen molar-refractivity contribution in [3.63, 3.8) is 0 Å². The zero-order valence-corrected chi connectivity index (χ0v) is 18.9. The highest BCUT2D eigenvalue weighted by molar-refractivity contribution is 6.31. The average Bonchev–Trinajstić information content (AvgIpc) is 2.79. The Morgan fingerprint density at radius 2 is 1.88 bits per heavy atom. The van der Waals surface area contributed by atoms with Gasteiger partial charge in [-0.25, -0.2) is 0 Å². The molecule has 5 nitrogen and oxygen atoms in total. The quantitative estimate of drug-likeness (QED) is 0.352. The molecule has 162 valence electrons. The van der Waals surface area contributed by atoms with Gasteiger partial charge in [-0.2, -0.15) is 5.26 Å². The topological polar surface area (TPSA) is 71.3 Å². The van der Waals surface area contributed by atoms with E-state index in [-0.39, 0.29) is 12.2 Å². The molecule has 0 aromatic heterocycles. The lowest BCUT2D eigenvalue weighted by Gasteiger charge is -2.12. The summed E-state index contributed by atoms with van der Waals surface area (Å²) in [4.78, 5) is 12.7. The van der Waals surface area contributed by atoms with Crippen LogP contribution in [-0.4, -0.2) is 13.0 Å². The SMILES string of the molecule is COc1ccc(C=C(C#N)C(=O)Nc2cc(C)ccc2C)cc1OCc1ccccc1Cl. The maximum absolute atomic E-state index is 12.7. The van der Waals surface area contributed by atoms with Crippen molar-refractivity contribution < 1.29 is 14.3 Å². The first kappa shape index (κ1) is 22.9. The van der Waals surface area contributed by atoms with Crippen LogP contribution < -0.4 is 14.8 Å².